The maximum atomic E-state index is 5.97. The Morgan fingerprint density at radius 1 is 1.30 bits per heavy atom. The quantitative estimate of drug-likeness (QED) is 0.585. The molecule has 0 atom stereocenters. The highest BCUT2D eigenvalue weighted by atomic mass is 32.1. The largest absolute Gasteiger partial charge is 0.397 e. The molecule has 0 saturated carbocycles. The summed E-state index contributed by atoms with van der Waals surface area (Å²) < 4.78 is 2.88. The first kappa shape index (κ1) is 13.8. The van der Waals surface area contributed by atoms with Crippen molar-refractivity contribution >= 4 is 35.5 Å². The van der Waals surface area contributed by atoms with Gasteiger partial charge in [0.15, 0.2) is 0 Å². The summed E-state index contributed by atoms with van der Waals surface area (Å²) in [7, 11) is 0. The van der Waals surface area contributed by atoms with E-state index < -0.39 is 0 Å². The number of thiophene rings is 1. The zero-order valence-corrected chi connectivity index (χ0v) is 13.6. The van der Waals surface area contributed by atoms with Crippen LogP contribution in [0.3, 0.4) is 0 Å². The van der Waals surface area contributed by atoms with Crippen molar-refractivity contribution in [3.05, 3.63) is 44.1 Å². The Balaban J connectivity index is 1.95. The molecule has 106 valence electrons. The van der Waals surface area contributed by atoms with Gasteiger partial charge in [-0.15, -0.1) is 11.3 Å². The van der Waals surface area contributed by atoms with Gasteiger partial charge in [0.25, 0.3) is 0 Å². The summed E-state index contributed by atoms with van der Waals surface area (Å²) in [5, 5.41) is 0. The standard InChI is InChI=1S/C16H20N2S2/c1-9-6-13(17)14(18-19)7-11(9)8-16-10(2)12-4-3-5-15(12)20-16/h6-7,18-19H,3-5,8,17H2,1-2H3. The van der Waals surface area contributed by atoms with Crippen LogP contribution in [0, 0.1) is 13.8 Å². The lowest BCUT2D eigenvalue weighted by Gasteiger charge is -2.11. The van der Waals surface area contributed by atoms with E-state index in [0.717, 1.165) is 17.8 Å². The number of nitrogens with one attached hydrogen (secondary N) is 1. The number of aryl methyl sites for hydroxylation is 2. The minimum Gasteiger partial charge on any atom is -0.397 e. The van der Waals surface area contributed by atoms with Crippen LogP contribution in [0.15, 0.2) is 12.1 Å². The van der Waals surface area contributed by atoms with Gasteiger partial charge in [-0.3, -0.25) is 0 Å². The number of nitrogen functional groups attached to an aromatic ring is 1. The third-order valence-electron chi connectivity index (χ3n) is 4.26. The van der Waals surface area contributed by atoms with E-state index >= 15 is 0 Å². The van der Waals surface area contributed by atoms with Crippen molar-refractivity contribution in [2.24, 2.45) is 0 Å². The van der Waals surface area contributed by atoms with Crippen molar-refractivity contribution < 1.29 is 0 Å². The third kappa shape index (κ3) is 2.31. The van der Waals surface area contributed by atoms with E-state index in [9.17, 15) is 0 Å². The van der Waals surface area contributed by atoms with Crippen LogP contribution >= 0.6 is 24.2 Å². The summed E-state index contributed by atoms with van der Waals surface area (Å²) >= 11 is 6.12. The second-order valence-electron chi connectivity index (χ2n) is 5.56. The lowest BCUT2D eigenvalue weighted by atomic mass is 10.0. The molecule has 0 amide bonds. The molecule has 4 heteroatoms. The van der Waals surface area contributed by atoms with Gasteiger partial charge in [0.1, 0.15) is 0 Å². The van der Waals surface area contributed by atoms with Crippen LogP contribution in [0.2, 0.25) is 0 Å². The number of hydrogen-bond acceptors (Lipinski definition) is 4. The molecule has 1 heterocycles. The Bertz CT molecular complexity index is 659. The molecule has 0 spiro atoms. The molecule has 0 unspecified atom stereocenters. The maximum Gasteiger partial charge on any atom is 0.0674 e. The van der Waals surface area contributed by atoms with Crippen molar-refractivity contribution in [2.75, 3.05) is 10.5 Å². The average molecular weight is 304 g/mol. The molecule has 0 bridgehead atoms. The van der Waals surface area contributed by atoms with Crippen molar-refractivity contribution in [3.63, 3.8) is 0 Å². The van der Waals surface area contributed by atoms with E-state index in [-0.39, 0.29) is 0 Å². The molecule has 3 rings (SSSR count). The topological polar surface area (TPSA) is 38.0 Å². The molecule has 0 saturated heterocycles. The van der Waals surface area contributed by atoms with Crippen molar-refractivity contribution in [3.8, 4) is 0 Å². The highest BCUT2D eigenvalue weighted by Crippen LogP contribution is 2.37. The van der Waals surface area contributed by atoms with Gasteiger partial charge in [-0.2, -0.15) is 0 Å². The number of thiol groups is 1. The predicted molar refractivity (Wildman–Crippen MR) is 92.1 cm³/mol. The monoisotopic (exact) mass is 304 g/mol. The maximum absolute atomic E-state index is 5.97. The minimum atomic E-state index is 0.756. The number of benzene rings is 1. The molecule has 1 aliphatic rings. The van der Waals surface area contributed by atoms with Gasteiger partial charge in [0, 0.05) is 16.2 Å². The van der Waals surface area contributed by atoms with E-state index in [4.69, 9.17) is 5.73 Å². The lowest BCUT2D eigenvalue weighted by Crippen LogP contribution is -1.98. The minimum absolute atomic E-state index is 0.756. The van der Waals surface area contributed by atoms with Gasteiger partial charge in [0.2, 0.25) is 0 Å². The van der Waals surface area contributed by atoms with E-state index in [1.807, 2.05) is 17.4 Å². The Hall–Kier alpha value is -1.13. The van der Waals surface area contributed by atoms with Gasteiger partial charge in [0.05, 0.1) is 11.4 Å². The summed E-state index contributed by atoms with van der Waals surface area (Å²) in [5.74, 6) is 0. The van der Waals surface area contributed by atoms with Gasteiger partial charge >= 0.3 is 0 Å². The summed E-state index contributed by atoms with van der Waals surface area (Å²) in [6.07, 6.45) is 4.86. The van der Waals surface area contributed by atoms with Crippen molar-refractivity contribution in [2.45, 2.75) is 39.5 Å². The molecule has 1 aromatic carbocycles. The summed E-state index contributed by atoms with van der Waals surface area (Å²) in [5.41, 5.74) is 13.3. The molecular weight excluding hydrogens is 284 g/mol. The fourth-order valence-electron chi connectivity index (χ4n) is 3.02. The molecule has 20 heavy (non-hydrogen) atoms. The highest BCUT2D eigenvalue weighted by Gasteiger charge is 2.19. The molecule has 2 aromatic rings. The molecule has 2 nitrogen and oxygen atoms in total. The molecule has 3 N–H and O–H groups in total. The zero-order chi connectivity index (χ0) is 14.3. The van der Waals surface area contributed by atoms with Crippen LogP contribution in [0.25, 0.3) is 0 Å². The first-order chi connectivity index (χ1) is 9.60. The second-order valence-corrected chi connectivity index (χ2v) is 6.97. The predicted octanol–water partition coefficient (Wildman–Crippen LogP) is 4.28. The van der Waals surface area contributed by atoms with Crippen LogP contribution in [0.4, 0.5) is 11.4 Å². The third-order valence-corrected chi connectivity index (χ3v) is 5.90. The van der Waals surface area contributed by atoms with Gasteiger partial charge in [-0.25, -0.2) is 0 Å². The van der Waals surface area contributed by atoms with Crippen LogP contribution in [0.1, 0.15) is 38.4 Å². The highest BCUT2D eigenvalue weighted by molar-refractivity contribution is 7.81. The fourth-order valence-corrected chi connectivity index (χ4v) is 4.64. The Morgan fingerprint density at radius 2 is 2.10 bits per heavy atom. The van der Waals surface area contributed by atoms with E-state index in [2.05, 4.69) is 37.5 Å². The SMILES string of the molecule is Cc1cc(N)c(NS)cc1Cc1sc2c(c1C)CCC2. The van der Waals surface area contributed by atoms with Crippen LogP contribution < -0.4 is 10.5 Å². The molecular formula is C16H20N2S2. The van der Waals surface area contributed by atoms with Gasteiger partial charge in [-0.05, 0) is 67.5 Å². The first-order valence-electron chi connectivity index (χ1n) is 6.99. The number of nitrogens with two attached hydrogens (primary N) is 1. The molecule has 0 fully saturated rings. The normalized spacial score (nSPS) is 13.6. The van der Waals surface area contributed by atoms with Crippen LogP contribution in [-0.2, 0) is 19.3 Å². The van der Waals surface area contributed by atoms with Crippen LogP contribution in [-0.4, -0.2) is 0 Å². The average Bonchev–Trinajstić information content (AvgIpc) is 2.97. The Labute approximate surface area is 129 Å². The Kier molecular flexibility index (Phi) is 3.69. The van der Waals surface area contributed by atoms with Crippen molar-refractivity contribution in [1.82, 2.24) is 0 Å². The summed E-state index contributed by atoms with van der Waals surface area (Å²) in [4.78, 5) is 3.12. The van der Waals surface area contributed by atoms with E-state index in [0.29, 0.717) is 0 Å². The Morgan fingerprint density at radius 3 is 2.80 bits per heavy atom. The molecule has 0 radical (unpaired) electrons. The molecule has 1 aromatic heterocycles. The summed E-state index contributed by atoms with van der Waals surface area (Å²) in [6, 6.07) is 4.16. The van der Waals surface area contributed by atoms with Gasteiger partial charge in [-0.1, -0.05) is 12.8 Å². The second kappa shape index (κ2) is 5.34. The van der Waals surface area contributed by atoms with E-state index in [1.54, 1.807) is 10.4 Å². The fraction of sp³-hybridized carbons (Fsp3) is 0.375. The summed E-state index contributed by atoms with van der Waals surface area (Å²) in [6.45, 7) is 4.41. The number of rotatable bonds is 3. The first-order valence-corrected chi connectivity index (χ1v) is 8.25. The molecule has 0 aliphatic heterocycles. The van der Waals surface area contributed by atoms with Crippen molar-refractivity contribution in [1.29, 1.82) is 0 Å². The number of anilines is 2. The smallest absolute Gasteiger partial charge is 0.0674 e. The number of fused-ring (bicyclic) bond motifs is 1. The van der Waals surface area contributed by atoms with E-state index in [1.165, 1.54) is 40.8 Å². The lowest BCUT2D eigenvalue weighted by molar-refractivity contribution is 0.909. The molecule has 1 aliphatic carbocycles. The van der Waals surface area contributed by atoms with Crippen LogP contribution in [0.5, 0.6) is 0 Å². The number of hydrogen-bond donors (Lipinski definition) is 3. The van der Waals surface area contributed by atoms with Gasteiger partial charge < -0.3 is 10.5 Å². The zero-order valence-electron chi connectivity index (χ0n) is 11.9.